The van der Waals surface area contributed by atoms with E-state index in [1.54, 1.807) is 11.5 Å². The van der Waals surface area contributed by atoms with Crippen LogP contribution < -0.4 is 5.48 Å². The number of likely N-dealkylation sites (N-methyl/N-ethyl adjacent to an activating group) is 1. The Morgan fingerprint density at radius 2 is 2.21 bits per heavy atom. The summed E-state index contributed by atoms with van der Waals surface area (Å²) in [5.74, 6) is -1.01. The highest BCUT2D eigenvalue weighted by Crippen LogP contribution is 2.48. The van der Waals surface area contributed by atoms with Crippen LogP contribution in [0, 0.1) is 5.82 Å². The molecule has 1 saturated heterocycles. The lowest BCUT2D eigenvalue weighted by molar-refractivity contribution is -0.0464. The fourth-order valence-corrected chi connectivity index (χ4v) is 5.00. The van der Waals surface area contributed by atoms with E-state index < -0.39 is 5.91 Å². The summed E-state index contributed by atoms with van der Waals surface area (Å²) in [7, 11) is 2.22. The maximum Gasteiger partial charge on any atom is 0.274 e. The number of halogens is 1. The highest BCUT2D eigenvalue weighted by molar-refractivity contribution is 5.93. The van der Waals surface area contributed by atoms with Crippen LogP contribution in [0.5, 0.6) is 0 Å². The number of hydrogen-bond acceptors (Lipinski definition) is 4. The van der Waals surface area contributed by atoms with Gasteiger partial charge in [-0.1, -0.05) is 0 Å². The largest absolute Gasteiger partial charge is 0.299 e. The van der Waals surface area contributed by atoms with Crippen molar-refractivity contribution in [1.82, 2.24) is 15.3 Å². The highest BCUT2D eigenvalue weighted by Gasteiger charge is 2.54. The van der Waals surface area contributed by atoms with Crippen LogP contribution in [0.15, 0.2) is 12.1 Å². The third kappa shape index (κ3) is 2.28. The molecule has 1 spiro atoms. The normalized spacial score (nSPS) is 30.2. The zero-order chi connectivity index (χ0) is 16.9. The summed E-state index contributed by atoms with van der Waals surface area (Å²) in [5.41, 5.74) is 3.65. The van der Waals surface area contributed by atoms with Gasteiger partial charge in [0, 0.05) is 35.8 Å². The van der Waals surface area contributed by atoms with Gasteiger partial charge in [0.05, 0.1) is 0 Å². The quantitative estimate of drug-likeness (QED) is 0.641. The topological polar surface area (TPSA) is 55.8 Å². The number of amides is 1. The van der Waals surface area contributed by atoms with E-state index in [1.807, 2.05) is 0 Å². The summed E-state index contributed by atoms with van der Waals surface area (Å²) in [6.07, 6.45) is 5.68. The fraction of sp³-hybridized carbons (Fsp3) is 0.611. The smallest absolute Gasteiger partial charge is 0.274 e. The van der Waals surface area contributed by atoms with Crippen molar-refractivity contribution in [2.75, 3.05) is 20.1 Å². The third-order valence-electron chi connectivity index (χ3n) is 6.46. The van der Waals surface area contributed by atoms with Gasteiger partial charge in [0.2, 0.25) is 0 Å². The monoisotopic (exact) mass is 333 g/mol. The molecule has 2 atom stereocenters. The molecule has 5 nitrogen and oxygen atoms in total. The van der Waals surface area contributed by atoms with E-state index in [0.717, 1.165) is 25.1 Å². The Balaban J connectivity index is 1.57. The lowest BCUT2D eigenvalue weighted by Crippen LogP contribution is -2.65. The minimum atomic E-state index is -0.662. The molecule has 2 fully saturated rings. The molecule has 2 aliphatic heterocycles. The zero-order valence-electron chi connectivity index (χ0n) is 14.0. The Bertz CT molecular complexity index is 680. The molecule has 3 aliphatic rings. The number of rotatable bonds is 2. The molecule has 0 radical (unpaired) electrons. The van der Waals surface area contributed by atoms with E-state index >= 15 is 0 Å². The number of carbonyl (C=O) groups is 1. The first kappa shape index (κ1) is 16.0. The molecule has 130 valence electrons. The van der Waals surface area contributed by atoms with Gasteiger partial charge in [-0.2, -0.15) is 0 Å². The molecule has 4 rings (SSSR count). The van der Waals surface area contributed by atoms with Crippen molar-refractivity contribution < 1.29 is 14.4 Å². The Morgan fingerprint density at radius 1 is 1.38 bits per heavy atom. The van der Waals surface area contributed by atoms with Gasteiger partial charge >= 0.3 is 0 Å². The van der Waals surface area contributed by atoms with Crippen LogP contribution in [0.1, 0.15) is 47.2 Å². The molecular weight excluding hydrogens is 309 g/mol. The number of nitrogens with one attached hydrogen (secondary N) is 1. The van der Waals surface area contributed by atoms with Gasteiger partial charge < -0.3 is 0 Å². The van der Waals surface area contributed by atoms with E-state index in [0.29, 0.717) is 23.7 Å². The summed E-state index contributed by atoms with van der Waals surface area (Å²) in [6.45, 7) is 2.67. The van der Waals surface area contributed by atoms with Crippen LogP contribution in [-0.4, -0.2) is 52.6 Å². The van der Waals surface area contributed by atoms with Gasteiger partial charge in [-0.25, -0.2) is 9.87 Å². The minimum Gasteiger partial charge on any atom is -0.299 e. The molecule has 0 unspecified atom stereocenters. The third-order valence-corrected chi connectivity index (χ3v) is 6.46. The molecule has 0 aromatic heterocycles. The van der Waals surface area contributed by atoms with Crippen molar-refractivity contribution in [1.29, 1.82) is 0 Å². The average molecular weight is 333 g/mol. The van der Waals surface area contributed by atoms with Crippen LogP contribution in [0.2, 0.25) is 0 Å². The predicted octanol–water partition coefficient (Wildman–Crippen LogP) is 1.93. The number of carbonyl (C=O) groups excluding carboxylic acids is 1. The summed E-state index contributed by atoms with van der Waals surface area (Å²) in [5, 5.41) is 8.75. The maximum absolute atomic E-state index is 14.5. The van der Waals surface area contributed by atoms with Crippen molar-refractivity contribution >= 4 is 5.91 Å². The van der Waals surface area contributed by atoms with E-state index in [4.69, 9.17) is 5.21 Å². The second-order valence-electron chi connectivity index (χ2n) is 7.44. The average Bonchev–Trinajstić information content (AvgIpc) is 2.97. The first-order chi connectivity index (χ1) is 11.5. The molecule has 2 N–H and O–H groups in total. The zero-order valence-corrected chi connectivity index (χ0v) is 14.0. The van der Waals surface area contributed by atoms with Crippen LogP contribution in [0.3, 0.4) is 0 Å². The van der Waals surface area contributed by atoms with E-state index in [1.165, 1.54) is 31.7 Å². The van der Waals surface area contributed by atoms with E-state index in [2.05, 4.69) is 16.8 Å². The molecule has 1 saturated carbocycles. The van der Waals surface area contributed by atoms with Gasteiger partial charge in [-0.3, -0.25) is 19.8 Å². The summed E-state index contributed by atoms with van der Waals surface area (Å²) >= 11 is 0. The standard InChI is InChI=1S/C18H24FN3O2/c1-21-7-2-5-18(21)6-3-16(18)22-8-4-12-9-13(17(23)20-24)10-15(19)14(12)11-22/h9-10,16,24H,2-8,11H2,1H3,(H,20,23)/t16-,18-/m0/s1. The first-order valence-corrected chi connectivity index (χ1v) is 8.76. The van der Waals surface area contributed by atoms with Crippen molar-refractivity contribution in [3.63, 3.8) is 0 Å². The van der Waals surface area contributed by atoms with Gasteiger partial charge in [-0.15, -0.1) is 0 Å². The number of hydroxylamine groups is 1. The van der Waals surface area contributed by atoms with Crippen molar-refractivity contribution in [3.8, 4) is 0 Å². The summed E-state index contributed by atoms with van der Waals surface area (Å²) in [6, 6.07) is 3.45. The number of hydrogen-bond donors (Lipinski definition) is 2. The molecule has 0 bridgehead atoms. The molecule has 1 aromatic carbocycles. The van der Waals surface area contributed by atoms with Crippen molar-refractivity contribution in [2.45, 2.75) is 50.2 Å². The summed E-state index contributed by atoms with van der Waals surface area (Å²) < 4.78 is 14.5. The summed E-state index contributed by atoms with van der Waals surface area (Å²) in [4.78, 5) is 16.5. The highest BCUT2D eigenvalue weighted by atomic mass is 19.1. The van der Waals surface area contributed by atoms with Crippen LogP contribution >= 0.6 is 0 Å². The number of fused-ring (bicyclic) bond motifs is 1. The maximum atomic E-state index is 14.5. The van der Waals surface area contributed by atoms with Crippen LogP contribution in [0.4, 0.5) is 4.39 Å². The van der Waals surface area contributed by atoms with Crippen LogP contribution in [0.25, 0.3) is 0 Å². The van der Waals surface area contributed by atoms with E-state index in [-0.39, 0.29) is 11.4 Å². The Kier molecular flexibility index (Phi) is 3.86. The minimum absolute atomic E-state index is 0.179. The number of nitrogens with zero attached hydrogens (tertiary/aromatic N) is 2. The molecule has 1 aromatic rings. The Labute approximate surface area is 141 Å². The molecule has 2 heterocycles. The second-order valence-corrected chi connectivity index (χ2v) is 7.44. The second kappa shape index (κ2) is 5.79. The lowest BCUT2D eigenvalue weighted by atomic mass is 9.68. The molecule has 1 amide bonds. The van der Waals surface area contributed by atoms with E-state index in [9.17, 15) is 9.18 Å². The Morgan fingerprint density at radius 3 is 2.83 bits per heavy atom. The van der Waals surface area contributed by atoms with Gasteiger partial charge in [0.1, 0.15) is 5.82 Å². The van der Waals surface area contributed by atoms with Gasteiger partial charge in [-0.05, 0) is 63.4 Å². The number of likely N-dealkylation sites (tertiary alicyclic amines) is 1. The van der Waals surface area contributed by atoms with Crippen molar-refractivity contribution in [3.05, 3.63) is 34.6 Å². The molecule has 6 heteroatoms. The van der Waals surface area contributed by atoms with Gasteiger partial charge in [0.15, 0.2) is 0 Å². The van der Waals surface area contributed by atoms with Crippen LogP contribution in [-0.2, 0) is 13.0 Å². The van der Waals surface area contributed by atoms with Gasteiger partial charge in [0.25, 0.3) is 5.91 Å². The molecule has 24 heavy (non-hydrogen) atoms. The lowest BCUT2D eigenvalue weighted by Gasteiger charge is -2.56. The predicted molar refractivity (Wildman–Crippen MR) is 87.4 cm³/mol. The molecule has 1 aliphatic carbocycles. The Hall–Kier alpha value is -1.50. The first-order valence-electron chi connectivity index (χ1n) is 8.76. The molecular formula is C18H24FN3O2. The fourth-order valence-electron chi connectivity index (χ4n) is 5.00. The SMILES string of the molecule is CN1CCC[C@@]12CC[C@@H]2N1CCc2cc(C(=O)NO)cc(F)c2C1. The number of benzene rings is 1. The van der Waals surface area contributed by atoms with Crippen molar-refractivity contribution in [2.24, 2.45) is 0 Å².